The summed E-state index contributed by atoms with van der Waals surface area (Å²) in [6, 6.07) is 22.7. The van der Waals surface area contributed by atoms with Gasteiger partial charge in [-0.25, -0.2) is 9.48 Å². The Labute approximate surface area is 208 Å². The molecule has 2 aromatic heterocycles. The minimum absolute atomic E-state index is 0.0879. The van der Waals surface area contributed by atoms with Crippen LogP contribution in [0.4, 0.5) is 0 Å². The van der Waals surface area contributed by atoms with Gasteiger partial charge in [0.1, 0.15) is 5.76 Å². The van der Waals surface area contributed by atoms with Crippen LogP contribution < -0.4 is 5.32 Å². The highest BCUT2D eigenvalue weighted by atomic mass is 16.5. The Morgan fingerprint density at radius 1 is 1.06 bits per heavy atom. The van der Waals surface area contributed by atoms with E-state index in [4.69, 9.17) is 9.15 Å². The van der Waals surface area contributed by atoms with Crippen LogP contribution in [0.15, 0.2) is 89.7 Å². The zero-order valence-corrected chi connectivity index (χ0v) is 19.9. The third-order valence-corrected chi connectivity index (χ3v) is 6.45. The average molecular weight is 486 g/mol. The number of nitrogens with one attached hydrogen (secondary N) is 1. The number of rotatable bonds is 8. The number of amides is 1. The monoisotopic (exact) mass is 485 g/mol. The lowest BCUT2D eigenvalue weighted by molar-refractivity contribution is -0.126. The molecule has 4 aromatic rings. The van der Waals surface area contributed by atoms with Gasteiger partial charge in [0.25, 0.3) is 0 Å². The van der Waals surface area contributed by atoms with Crippen LogP contribution in [0.5, 0.6) is 0 Å². The van der Waals surface area contributed by atoms with Crippen molar-refractivity contribution < 1.29 is 18.7 Å². The number of esters is 1. The van der Waals surface area contributed by atoms with Crippen molar-refractivity contribution in [2.45, 2.75) is 31.1 Å². The highest BCUT2D eigenvalue weighted by molar-refractivity contribution is 5.86. The number of likely N-dealkylation sites (tertiary alicyclic amines) is 1. The predicted octanol–water partition coefficient (Wildman–Crippen LogP) is 3.38. The van der Waals surface area contributed by atoms with Gasteiger partial charge in [-0.05, 0) is 29.7 Å². The van der Waals surface area contributed by atoms with E-state index in [0.29, 0.717) is 19.5 Å². The maximum atomic E-state index is 13.8. The van der Waals surface area contributed by atoms with E-state index in [9.17, 15) is 9.59 Å². The van der Waals surface area contributed by atoms with Crippen molar-refractivity contribution in [2.24, 2.45) is 0 Å². The van der Waals surface area contributed by atoms with E-state index < -0.39 is 12.0 Å². The number of carbonyl (C=O) groups excluding carboxylic acids is 2. The summed E-state index contributed by atoms with van der Waals surface area (Å²) in [5.74, 6) is 0.134. The van der Waals surface area contributed by atoms with Gasteiger partial charge in [-0.2, -0.15) is 0 Å². The molecule has 5 rings (SSSR count). The third-order valence-electron chi connectivity index (χ3n) is 6.45. The first-order valence-corrected chi connectivity index (χ1v) is 11.8. The maximum Gasteiger partial charge on any atom is 0.360 e. The summed E-state index contributed by atoms with van der Waals surface area (Å²) < 4.78 is 12.0. The molecule has 3 heterocycles. The second-order valence-corrected chi connectivity index (χ2v) is 8.75. The summed E-state index contributed by atoms with van der Waals surface area (Å²) in [5.41, 5.74) is 2.14. The quantitative estimate of drug-likeness (QED) is 0.382. The van der Waals surface area contributed by atoms with Crippen LogP contribution >= 0.6 is 0 Å². The molecule has 1 N–H and O–H groups in total. The molecule has 1 fully saturated rings. The Balaban J connectivity index is 1.40. The van der Waals surface area contributed by atoms with Gasteiger partial charge in [0.05, 0.1) is 44.2 Å². The number of hydrogen-bond donors (Lipinski definition) is 1. The fraction of sp³-hybridized carbons (Fsp3) is 0.259. The number of aromatic nitrogens is 3. The molecule has 0 unspecified atom stereocenters. The zero-order chi connectivity index (χ0) is 24.9. The Morgan fingerprint density at radius 2 is 1.75 bits per heavy atom. The van der Waals surface area contributed by atoms with Crippen molar-refractivity contribution in [3.63, 3.8) is 0 Å². The second-order valence-electron chi connectivity index (χ2n) is 8.75. The summed E-state index contributed by atoms with van der Waals surface area (Å²) in [7, 11) is 1.30. The van der Waals surface area contributed by atoms with E-state index in [1.807, 2.05) is 72.8 Å². The summed E-state index contributed by atoms with van der Waals surface area (Å²) in [6.45, 7) is 1.02. The first kappa shape index (κ1) is 23.5. The standard InChI is InChI=1S/C27H27N5O4/c1-35-27(34)23-18-32(30-29-23)21-15-24(31(16-21)17-22-13-8-14-36-22)26(33)28-25(19-9-4-2-5-10-19)20-11-6-3-7-12-20/h2-14,18,21,24-25H,15-17H2,1H3,(H,28,33)/t21-,24+/m1/s1. The van der Waals surface area contributed by atoms with Gasteiger partial charge in [-0.3, -0.25) is 9.69 Å². The molecule has 0 bridgehead atoms. The van der Waals surface area contributed by atoms with Gasteiger partial charge in [0.15, 0.2) is 5.69 Å². The van der Waals surface area contributed by atoms with Gasteiger partial charge < -0.3 is 14.5 Å². The molecule has 1 saturated heterocycles. The molecule has 0 saturated carbocycles. The van der Waals surface area contributed by atoms with Gasteiger partial charge in [0.2, 0.25) is 5.91 Å². The summed E-state index contributed by atoms with van der Waals surface area (Å²) >= 11 is 0. The maximum absolute atomic E-state index is 13.8. The first-order valence-electron chi connectivity index (χ1n) is 11.8. The zero-order valence-electron chi connectivity index (χ0n) is 19.9. The Morgan fingerprint density at radius 3 is 2.36 bits per heavy atom. The summed E-state index contributed by atoms with van der Waals surface area (Å²) in [6.07, 6.45) is 3.70. The molecule has 2 aromatic carbocycles. The van der Waals surface area contributed by atoms with E-state index in [1.165, 1.54) is 7.11 Å². The second kappa shape index (κ2) is 10.6. The number of carbonyl (C=O) groups is 2. The van der Waals surface area contributed by atoms with Crippen molar-refractivity contribution in [2.75, 3.05) is 13.7 Å². The molecule has 184 valence electrons. The van der Waals surface area contributed by atoms with E-state index in [-0.39, 0.29) is 23.7 Å². The van der Waals surface area contributed by atoms with E-state index >= 15 is 0 Å². The Bertz CT molecular complexity index is 1250. The molecular formula is C27H27N5O4. The van der Waals surface area contributed by atoms with Crippen LogP contribution in [0.1, 0.15) is 45.9 Å². The van der Waals surface area contributed by atoms with Crippen molar-refractivity contribution in [1.82, 2.24) is 25.2 Å². The Hall–Kier alpha value is -4.24. The van der Waals surface area contributed by atoms with Crippen molar-refractivity contribution >= 4 is 11.9 Å². The highest BCUT2D eigenvalue weighted by Crippen LogP contribution is 2.30. The molecule has 1 amide bonds. The SMILES string of the molecule is COC(=O)c1cn([C@@H]2C[C@@H](C(=O)NC(c3ccccc3)c3ccccc3)N(Cc3ccco3)C2)nn1. The lowest BCUT2D eigenvalue weighted by Gasteiger charge is -2.26. The number of furan rings is 1. The van der Waals surface area contributed by atoms with E-state index in [0.717, 1.165) is 16.9 Å². The fourth-order valence-corrected chi connectivity index (χ4v) is 4.66. The lowest BCUT2D eigenvalue weighted by Crippen LogP contribution is -2.44. The van der Waals surface area contributed by atoms with Gasteiger partial charge in [0, 0.05) is 6.54 Å². The van der Waals surface area contributed by atoms with Crippen molar-refractivity contribution in [3.8, 4) is 0 Å². The normalized spacial score (nSPS) is 17.8. The van der Waals surface area contributed by atoms with Crippen LogP contribution in [0.3, 0.4) is 0 Å². The van der Waals surface area contributed by atoms with E-state index in [1.54, 1.807) is 17.1 Å². The molecule has 9 nitrogen and oxygen atoms in total. The Kier molecular flexibility index (Phi) is 6.90. The van der Waals surface area contributed by atoms with Gasteiger partial charge >= 0.3 is 5.97 Å². The van der Waals surface area contributed by atoms with Crippen LogP contribution in [-0.2, 0) is 16.1 Å². The van der Waals surface area contributed by atoms with Crippen molar-refractivity contribution in [3.05, 3.63) is 108 Å². The molecule has 9 heteroatoms. The minimum Gasteiger partial charge on any atom is -0.468 e. The van der Waals surface area contributed by atoms with Crippen LogP contribution in [0.2, 0.25) is 0 Å². The average Bonchev–Trinajstić information content (AvgIpc) is 3.69. The molecule has 0 aliphatic carbocycles. The fourth-order valence-electron chi connectivity index (χ4n) is 4.66. The number of ether oxygens (including phenoxy) is 1. The van der Waals surface area contributed by atoms with Gasteiger partial charge in [-0.1, -0.05) is 65.9 Å². The number of nitrogens with zero attached hydrogens (tertiary/aromatic N) is 4. The molecule has 0 radical (unpaired) electrons. The molecule has 36 heavy (non-hydrogen) atoms. The number of methoxy groups -OCH3 is 1. The van der Waals surface area contributed by atoms with Crippen LogP contribution in [-0.4, -0.2) is 51.5 Å². The van der Waals surface area contributed by atoms with Crippen LogP contribution in [0.25, 0.3) is 0 Å². The molecule has 2 atom stereocenters. The van der Waals surface area contributed by atoms with Crippen LogP contribution in [0, 0.1) is 0 Å². The summed E-state index contributed by atoms with van der Waals surface area (Å²) in [5, 5.41) is 11.3. The number of benzene rings is 2. The third kappa shape index (κ3) is 5.06. The molecule has 1 aliphatic rings. The summed E-state index contributed by atoms with van der Waals surface area (Å²) in [4.78, 5) is 27.7. The molecule has 1 aliphatic heterocycles. The molecule has 0 spiro atoms. The topological polar surface area (TPSA) is 102 Å². The lowest BCUT2D eigenvalue weighted by atomic mass is 9.98. The smallest absolute Gasteiger partial charge is 0.360 e. The largest absolute Gasteiger partial charge is 0.468 e. The first-order chi connectivity index (χ1) is 17.6. The van der Waals surface area contributed by atoms with Crippen molar-refractivity contribution in [1.29, 1.82) is 0 Å². The van der Waals surface area contributed by atoms with Gasteiger partial charge in [-0.15, -0.1) is 5.10 Å². The van der Waals surface area contributed by atoms with E-state index in [2.05, 4.69) is 20.5 Å². The molecular weight excluding hydrogens is 458 g/mol. The minimum atomic E-state index is -0.547. The highest BCUT2D eigenvalue weighted by Gasteiger charge is 2.39. The predicted molar refractivity (Wildman–Crippen MR) is 131 cm³/mol. The number of hydrogen-bond acceptors (Lipinski definition) is 7.